The molecule has 0 aliphatic carbocycles. The highest BCUT2D eigenvalue weighted by Crippen LogP contribution is 2.40. The molecule has 0 saturated heterocycles. The Balaban J connectivity index is 2.07. The van der Waals surface area contributed by atoms with E-state index in [0.29, 0.717) is 44.9 Å². The second-order valence-electron chi connectivity index (χ2n) is 5.93. The van der Waals surface area contributed by atoms with Crippen LogP contribution in [0.1, 0.15) is 5.56 Å². The number of H-pyrrole nitrogens is 1. The number of methoxy groups -OCH3 is 5. The summed E-state index contributed by atoms with van der Waals surface area (Å²) < 4.78 is 28.7. The van der Waals surface area contributed by atoms with Gasteiger partial charge in [-0.1, -0.05) is 0 Å². The summed E-state index contributed by atoms with van der Waals surface area (Å²) in [6, 6.07) is 8.97. The molecule has 3 rings (SSSR count). The van der Waals surface area contributed by atoms with Crippen LogP contribution in [0, 0.1) is 4.77 Å². The molecule has 3 aromatic rings. The zero-order valence-corrected chi connectivity index (χ0v) is 18.1. The molecule has 0 atom stereocenters. The second-order valence-corrected chi connectivity index (χ2v) is 6.32. The number of benzene rings is 2. The van der Waals surface area contributed by atoms with Crippen molar-refractivity contribution in [2.45, 2.75) is 0 Å². The Morgan fingerprint density at radius 1 is 0.900 bits per heavy atom. The van der Waals surface area contributed by atoms with E-state index in [-0.39, 0.29) is 0 Å². The third-order valence-corrected chi connectivity index (χ3v) is 4.59. The summed E-state index contributed by atoms with van der Waals surface area (Å²) in [5.41, 5.74) is 1.42. The van der Waals surface area contributed by atoms with Gasteiger partial charge in [0, 0.05) is 17.2 Å². The van der Waals surface area contributed by atoms with Crippen LogP contribution in [0.5, 0.6) is 28.7 Å². The molecule has 0 bridgehead atoms. The first kappa shape index (κ1) is 21.2. The van der Waals surface area contributed by atoms with Crippen LogP contribution in [-0.2, 0) is 0 Å². The Kier molecular flexibility index (Phi) is 6.58. The molecule has 9 nitrogen and oxygen atoms in total. The van der Waals surface area contributed by atoms with Crippen LogP contribution >= 0.6 is 12.2 Å². The number of aromatic nitrogens is 3. The SMILES string of the molecule is COc1ccc(C=Nn2c(-c3cc(OC)c(OC)c(OC)c3)n[nH]c2=S)c(OC)c1. The Bertz CT molecular complexity index is 1100. The van der Waals surface area contributed by atoms with E-state index in [2.05, 4.69) is 15.3 Å². The standard InChI is InChI=1S/C20H22N4O5S/c1-25-14-7-6-12(15(10-14)26-2)11-21-24-19(22-23-20(24)30)13-8-16(27-3)18(29-5)17(9-13)28-4/h6-11H,1-5H3,(H,23,30). The quantitative estimate of drug-likeness (QED) is 0.432. The minimum absolute atomic E-state index is 0.322. The Hall–Kier alpha value is -3.53. The summed E-state index contributed by atoms with van der Waals surface area (Å²) in [5, 5.41) is 11.6. The van der Waals surface area contributed by atoms with Gasteiger partial charge in [0.25, 0.3) is 0 Å². The van der Waals surface area contributed by atoms with Crippen molar-refractivity contribution in [3.63, 3.8) is 0 Å². The second kappa shape index (κ2) is 9.31. The maximum Gasteiger partial charge on any atom is 0.216 e. The lowest BCUT2D eigenvalue weighted by molar-refractivity contribution is 0.324. The third-order valence-electron chi connectivity index (χ3n) is 4.33. The highest BCUT2D eigenvalue weighted by atomic mass is 32.1. The fraction of sp³-hybridized carbons (Fsp3) is 0.250. The minimum Gasteiger partial charge on any atom is -0.497 e. The average Bonchev–Trinajstić information content (AvgIpc) is 3.16. The summed E-state index contributed by atoms with van der Waals surface area (Å²) in [7, 11) is 7.81. The number of aromatic amines is 1. The molecule has 10 heteroatoms. The molecule has 2 aromatic carbocycles. The number of hydrogen-bond donors (Lipinski definition) is 1. The molecular formula is C20H22N4O5S. The molecule has 1 heterocycles. The van der Waals surface area contributed by atoms with Crippen LogP contribution in [-0.4, -0.2) is 56.6 Å². The molecule has 0 unspecified atom stereocenters. The predicted molar refractivity (Wildman–Crippen MR) is 115 cm³/mol. The molecule has 30 heavy (non-hydrogen) atoms. The topological polar surface area (TPSA) is 92.1 Å². The van der Waals surface area contributed by atoms with Crippen LogP contribution in [0.3, 0.4) is 0 Å². The van der Waals surface area contributed by atoms with Crippen LogP contribution in [0.2, 0.25) is 0 Å². The van der Waals surface area contributed by atoms with Crippen LogP contribution in [0.15, 0.2) is 35.4 Å². The average molecular weight is 430 g/mol. The molecule has 0 saturated carbocycles. The number of nitrogens with one attached hydrogen (secondary N) is 1. The summed E-state index contributed by atoms with van der Waals surface area (Å²) >= 11 is 5.35. The van der Waals surface area contributed by atoms with Crippen molar-refractivity contribution in [3.05, 3.63) is 40.7 Å². The van der Waals surface area contributed by atoms with Crippen molar-refractivity contribution in [1.29, 1.82) is 0 Å². The van der Waals surface area contributed by atoms with Gasteiger partial charge < -0.3 is 23.7 Å². The molecule has 0 aliphatic heterocycles. The molecule has 158 valence electrons. The number of rotatable bonds is 8. The van der Waals surface area contributed by atoms with Crippen LogP contribution in [0.4, 0.5) is 0 Å². The first-order chi connectivity index (χ1) is 14.6. The van der Waals surface area contributed by atoms with Gasteiger partial charge in [0.1, 0.15) is 11.5 Å². The Morgan fingerprint density at radius 2 is 1.57 bits per heavy atom. The summed E-state index contributed by atoms with van der Waals surface area (Å²) in [6.45, 7) is 0. The number of ether oxygens (including phenoxy) is 5. The molecular weight excluding hydrogens is 408 g/mol. The fourth-order valence-electron chi connectivity index (χ4n) is 2.84. The van der Waals surface area contributed by atoms with E-state index in [9.17, 15) is 0 Å². The van der Waals surface area contributed by atoms with Gasteiger partial charge in [-0.05, 0) is 36.5 Å². The smallest absolute Gasteiger partial charge is 0.216 e. The highest BCUT2D eigenvalue weighted by Gasteiger charge is 2.17. The van der Waals surface area contributed by atoms with Gasteiger partial charge >= 0.3 is 0 Å². The van der Waals surface area contributed by atoms with Gasteiger partial charge in [-0.3, -0.25) is 0 Å². The largest absolute Gasteiger partial charge is 0.497 e. The van der Waals surface area contributed by atoms with E-state index < -0.39 is 0 Å². The predicted octanol–water partition coefficient (Wildman–Crippen LogP) is 3.53. The summed E-state index contributed by atoms with van der Waals surface area (Å²) in [6.07, 6.45) is 1.63. The van der Waals surface area contributed by atoms with Crippen molar-refractivity contribution >= 4 is 18.4 Å². The summed E-state index contributed by atoms with van der Waals surface area (Å²) in [4.78, 5) is 0. The lowest BCUT2D eigenvalue weighted by atomic mass is 10.1. The summed E-state index contributed by atoms with van der Waals surface area (Å²) in [5.74, 6) is 3.24. The molecule has 0 fully saturated rings. The molecule has 1 N–H and O–H groups in total. The highest BCUT2D eigenvalue weighted by molar-refractivity contribution is 7.71. The van der Waals surface area contributed by atoms with E-state index in [1.807, 2.05) is 12.1 Å². The van der Waals surface area contributed by atoms with Crippen molar-refractivity contribution < 1.29 is 23.7 Å². The first-order valence-electron chi connectivity index (χ1n) is 8.80. The molecule has 0 spiro atoms. The van der Waals surface area contributed by atoms with E-state index in [1.165, 1.54) is 4.68 Å². The molecule has 0 amide bonds. The third kappa shape index (κ3) is 4.08. The normalized spacial score (nSPS) is 10.8. The van der Waals surface area contributed by atoms with E-state index >= 15 is 0 Å². The van der Waals surface area contributed by atoms with Crippen molar-refractivity contribution in [2.75, 3.05) is 35.5 Å². The number of nitrogens with zero attached hydrogens (tertiary/aromatic N) is 3. The first-order valence-corrected chi connectivity index (χ1v) is 9.21. The van der Waals surface area contributed by atoms with Gasteiger partial charge in [-0.25, -0.2) is 5.10 Å². The van der Waals surface area contributed by atoms with Crippen molar-refractivity contribution in [2.24, 2.45) is 5.10 Å². The van der Waals surface area contributed by atoms with Crippen LogP contribution < -0.4 is 23.7 Å². The Morgan fingerprint density at radius 3 is 2.13 bits per heavy atom. The van der Waals surface area contributed by atoms with Crippen molar-refractivity contribution in [3.8, 4) is 40.1 Å². The number of hydrogen-bond acceptors (Lipinski definition) is 8. The lowest BCUT2D eigenvalue weighted by Gasteiger charge is -2.13. The van der Waals surface area contributed by atoms with Gasteiger partial charge in [0.05, 0.1) is 41.8 Å². The zero-order valence-electron chi connectivity index (χ0n) is 17.3. The van der Waals surface area contributed by atoms with Crippen LogP contribution in [0.25, 0.3) is 11.4 Å². The van der Waals surface area contributed by atoms with Gasteiger partial charge in [-0.15, -0.1) is 0 Å². The molecule has 1 aromatic heterocycles. The minimum atomic E-state index is 0.322. The van der Waals surface area contributed by atoms with E-state index in [4.69, 9.17) is 35.9 Å². The fourth-order valence-corrected chi connectivity index (χ4v) is 3.02. The van der Waals surface area contributed by atoms with Gasteiger partial charge in [0.2, 0.25) is 10.5 Å². The van der Waals surface area contributed by atoms with Crippen molar-refractivity contribution in [1.82, 2.24) is 14.9 Å². The van der Waals surface area contributed by atoms with Gasteiger partial charge in [0.15, 0.2) is 17.3 Å². The Labute approximate surface area is 178 Å². The lowest BCUT2D eigenvalue weighted by Crippen LogP contribution is -1.99. The van der Waals surface area contributed by atoms with E-state index in [1.54, 1.807) is 60.0 Å². The molecule has 0 radical (unpaired) electrons. The monoisotopic (exact) mass is 430 g/mol. The maximum absolute atomic E-state index is 5.42. The van der Waals surface area contributed by atoms with Gasteiger partial charge in [-0.2, -0.15) is 14.9 Å². The maximum atomic E-state index is 5.42. The van der Waals surface area contributed by atoms with E-state index in [0.717, 1.165) is 5.56 Å². The zero-order chi connectivity index (χ0) is 21.7. The molecule has 0 aliphatic rings.